The van der Waals surface area contributed by atoms with Gasteiger partial charge in [-0.2, -0.15) is 5.01 Å². The number of hydrogen-bond donors (Lipinski definition) is 4. The normalized spacial score (nSPS) is 20.2. The lowest BCUT2D eigenvalue weighted by Gasteiger charge is -2.18. The average Bonchev–Trinajstić information content (AvgIpc) is 2.28. The molecule has 4 N–H and O–H groups in total. The first-order chi connectivity index (χ1) is 5.52. The molecule has 8 heteroatoms. The van der Waals surface area contributed by atoms with Gasteiger partial charge in [-0.15, -0.1) is 0 Å². The summed E-state index contributed by atoms with van der Waals surface area (Å²) in [6, 6.07) is 0. The maximum absolute atomic E-state index is 10.8. The van der Waals surface area contributed by atoms with Crippen molar-refractivity contribution in [3.8, 4) is 0 Å². The minimum atomic E-state index is -2.10. The molecule has 0 saturated carbocycles. The summed E-state index contributed by atoms with van der Waals surface area (Å²) in [5, 5.41) is 26.2. The molecule has 1 aliphatic rings. The van der Waals surface area contributed by atoms with Crippen LogP contribution in [-0.2, 0) is 4.79 Å². The number of hydrogen-bond acceptors (Lipinski definition) is 5. The zero-order valence-corrected chi connectivity index (χ0v) is 5.91. The van der Waals surface area contributed by atoms with Gasteiger partial charge in [-0.05, 0) is 5.53 Å². The largest absolute Gasteiger partial charge is 0.367 e. The number of carbonyl (C=O) groups is 1. The van der Waals surface area contributed by atoms with Crippen LogP contribution in [-0.4, -0.2) is 50.2 Å². The fraction of sp³-hybridized carbons (Fsp3) is 0.750. The van der Waals surface area contributed by atoms with Crippen molar-refractivity contribution in [3.05, 3.63) is 4.91 Å². The number of nitrogens with zero attached hydrogens (tertiary/aromatic N) is 2. The second-order valence-corrected chi connectivity index (χ2v) is 2.23. The van der Waals surface area contributed by atoms with E-state index >= 15 is 0 Å². The Bertz CT molecular complexity index is 217. The van der Waals surface area contributed by atoms with Crippen molar-refractivity contribution in [2.75, 3.05) is 6.54 Å². The Morgan fingerprint density at radius 1 is 1.50 bits per heavy atom. The highest BCUT2D eigenvalue weighted by Gasteiger charge is 2.40. The van der Waals surface area contributed by atoms with Crippen LogP contribution >= 0.6 is 0 Å². The molecule has 12 heavy (non-hydrogen) atoms. The third-order valence-electron chi connectivity index (χ3n) is 1.30. The highest BCUT2D eigenvalue weighted by atomic mass is 16.5. The average molecular weight is 178 g/mol. The fourth-order valence-electron chi connectivity index (χ4n) is 0.750. The predicted octanol–water partition coefficient (Wildman–Crippen LogP) is -3.34. The van der Waals surface area contributed by atoms with Crippen LogP contribution in [0.15, 0.2) is 0 Å². The van der Waals surface area contributed by atoms with E-state index in [1.54, 1.807) is 0 Å². The van der Waals surface area contributed by atoms with E-state index in [0.717, 1.165) is 0 Å². The van der Waals surface area contributed by atoms with E-state index in [9.17, 15) is 9.70 Å². The summed E-state index contributed by atoms with van der Waals surface area (Å²) in [6.07, 6.45) is -3.94. The van der Waals surface area contributed by atoms with Crippen LogP contribution in [0.4, 0.5) is 0 Å². The van der Waals surface area contributed by atoms with Gasteiger partial charge in [-0.3, -0.25) is 4.79 Å². The molecule has 1 atom stereocenters. The fourth-order valence-corrected chi connectivity index (χ4v) is 0.750. The van der Waals surface area contributed by atoms with E-state index in [0.29, 0.717) is 5.01 Å². The van der Waals surface area contributed by atoms with Crippen LogP contribution < -0.4 is 5.53 Å². The molecule has 0 spiro atoms. The Morgan fingerprint density at radius 2 is 2.08 bits per heavy atom. The van der Waals surface area contributed by atoms with Gasteiger partial charge in [0.25, 0.3) is 0 Å². The van der Waals surface area contributed by atoms with E-state index in [1.165, 1.54) is 0 Å². The van der Waals surface area contributed by atoms with Crippen LogP contribution in [0.1, 0.15) is 0 Å². The molecule has 1 amide bonds. The molecule has 1 aliphatic heterocycles. The molecule has 68 valence electrons. The third-order valence-corrected chi connectivity index (χ3v) is 1.30. The molecule has 0 aromatic heterocycles. The van der Waals surface area contributed by atoms with Crippen molar-refractivity contribution in [3.63, 3.8) is 0 Å². The molecular formula is C4H8N3O5+. The number of amides is 1. The summed E-state index contributed by atoms with van der Waals surface area (Å²) in [6.45, 7) is -0.468. The van der Waals surface area contributed by atoms with E-state index in [2.05, 4.69) is 0 Å². The van der Waals surface area contributed by atoms with Gasteiger partial charge < -0.3 is 15.3 Å². The molecule has 0 aromatic carbocycles. The lowest BCUT2D eigenvalue weighted by atomic mass is 10.5. The van der Waals surface area contributed by atoms with Gasteiger partial charge in [0.1, 0.15) is 4.87 Å². The van der Waals surface area contributed by atoms with Crippen LogP contribution in [0.3, 0.4) is 0 Å². The molecular weight excluding hydrogens is 170 g/mol. The topological polar surface area (TPSA) is 113 Å². The Hall–Kier alpha value is -1.25. The first-order valence-electron chi connectivity index (χ1n) is 3.09. The Morgan fingerprint density at radius 3 is 2.42 bits per heavy atom. The number of rotatable bonds is 2. The van der Waals surface area contributed by atoms with Gasteiger partial charge in [0, 0.05) is 0 Å². The van der Waals surface area contributed by atoms with Crippen molar-refractivity contribution in [1.82, 2.24) is 10.5 Å². The van der Waals surface area contributed by atoms with Crippen LogP contribution in [0.25, 0.3) is 0 Å². The molecule has 0 aliphatic carbocycles. The molecule has 0 aromatic rings. The van der Waals surface area contributed by atoms with Gasteiger partial charge in [0.15, 0.2) is 6.29 Å². The summed E-state index contributed by atoms with van der Waals surface area (Å²) in [5.74, 6) is -0.731. The van der Waals surface area contributed by atoms with Gasteiger partial charge in [-0.25, -0.2) is 0 Å². The highest BCUT2D eigenvalue weighted by Crippen LogP contribution is 2.01. The zero-order chi connectivity index (χ0) is 9.30. The molecule has 1 saturated heterocycles. The smallest absolute Gasteiger partial charge is 0.321 e. The van der Waals surface area contributed by atoms with Gasteiger partial charge in [-0.1, -0.05) is 0 Å². The minimum absolute atomic E-state index is 0.161. The van der Waals surface area contributed by atoms with E-state index < -0.39 is 25.0 Å². The highest BCUT2D eigenvalue weighted by molar-refractivity contribution is 5.77. The van der Waals surface area contributed by atoms with Gasteiger partial charge in [0.05, 0.1) is 4.91 Å². The van der Waals surface area contributed by atoms with E-state index in [4.69, 9.17) is 15.3 Å². The number of nitroso groups, excluding NO2 is 1. The molecule has 0 radical (unpaired) electrons. The SMILES string of the molecule is O=C1C[N+](=O)NN1C(O)C(O)O. The first kappa shape index (κ1) is 8.84. The van der Waals surface area contributed by atoms with E-state index in [1.807, 2.05) is 5.53 Å². The maximum Gasteiger partial charge on any atom is 0.321 e. The third kappa shape index (κ3) is 1.49. The second-order valence-electron chi connectivity index (χ2n) is 2.23. The Labute approximate surface area is 66.5 Å². The monoisotopic (exact) mass is 178 g/mol. The van der Waals surface area contributed by atoms with E-state index in [-0.39, 0.29) is 4.87 Å². The first-order valence-corrected chi connectivity index (χ1v) is 3.09. The predicted molar refractivity (Wildman–Crippen MR) is 32.7 cm³/mol. The molecule has 1 heterocycles. The Balaban J connectivity index is 2.64. The van der Waals surface area contributed by atoms with Crippen molar-refractivity contribution in [2.24, 2.45) is 0 Å². The summed E-state index contributed by atoms with van der Waals surface area (Å²) < 4.78 is 0. The van der Waals surface area contributed by atoms with Gasteiger partial charge >= 0.3 is 12.5 Å². The molecule has 0 bridgehead atoms. The molecule has 1 unspecified atom stereocenters. The van der Waals surface area contributed by atoms with Crippen molar-refractivity contribution < 1.29 is 25.0 Å². The minimum Gasteiger partial charge on any atom is -0.367 e. The van der Waals surface area contributed by atoms with Crippen molar-refractivity contribution in [2.45, 2.75) is 12.5 Å². The molecule has 8 nitrogen and oxygen atoms in total. The van der Waals surface area contributed by atoms with Crippen molar-refractivity contribution in [1.29, 1.82) is 0 Å². The lowest BCUT2D eigenvalue weighted by Crippen LogP contribution is -2.50. The number of hydrazine groups is 2. The van der Waals surface area contributed by atoms with Crippen LogP contribution in [0, 0.1) is 4.91 Å². The molecule has 1 rings (SSSR count). The lowest BCUT2D eigenvalue weighted by molar-refractivity contribution is -0.604. The quantitative estimate of drug-likeness (QED) is 0.259. The molecule has 1 fully saturated rings. The second kappa shape index (κ2) is 3.01. The number of nitrogens with one attached hydrogen (secondary N) is 1. The Kier molecular flexibility index (Phi) is 2.22. The van der Waals surface area contributed by atoms with Crippen LogP contribution in [0.2, 0.25) is 0 Å². The summed E-state index contributed by atoms with van der Waals surface area (Å²) >= 11 is 0. The zero-order valence-electron chi connectivity index (χ0n) is 5.91. The maximum atomic E-state index is 10.8. The summed E-state index contributed by atoms with van der Waals surface area (Å²) in [4.78, 5) is 21.4. The van der Waals surface area contributed by atoms with Crippen LogP contribution in [0.5, 0.6) is 0 Å². The number of aliphatic hydroxyl groups excluding tert-OH is 2. The summed E-state index contributed by atoms with van der Waals surface area (Å²) in [7, 11) is 0. The van der Waals surface area contributed by atoms with Gasteiger partial charge in [0.2, 0.25) is 6.23 Å². The number of carbonyl (C=O) groups excluding carboxylic acids is 1. The standard InChI is InChI=1S/C4H8N3O5/c8-2-1-6(12)5-7(2)3(9)4(10)11/h3-4,9-11H,1H2,(H,5,12)/q+1. The van der Waals surface area contributed by atoms with Crippen molar-refractivity contribution >= 4 is 5.91 Å². The summed E-state index contributed by atoms with van der Waals surface area (Å²) in [5.41, 5.74) is 1.88. The number of aliphatic hydroxyl groups is 3.